The fraction of sp³-hybridized carbons (Fsp3) is 0.455. The lowest BCUT2D eigenvalue weighted by Gasteiger charge is -2.26. The number of imidazole rings is 2. The summed E-state index contributed by atoms with van der Waals surface area (Å²) in [5, 5.41) is 2.29. The second kappa shape index (κ2) is 18.0. The highest BCUT2D eigenvalue weighted by atomic mass is 16.5. The first-order valence-electron chi connectivity index (χ1n) is 19.9. The minimum absolute atomic E-state index is 0.196. The Morgan fingerprint density at radius 3 is 1.63 bits per heavy atom. The van der Waals surface area contributed by atoms with Gasteiger partial charge in [0.25, 0.3) is 0 Å². The Labute approximate surface area is 318 Å². The van der Waals surface area contributed by atoms with E-state index in [1.54, 1.807) is 0 Å². The van der Waals surface area contributed by atoms with E-state index in [0.717, 1.165) is 128 Å². The van der Waals surface area contributed by atoms with Crippen molar-refractivity contribution in [3.63, 3.8) is 0 Å². The van der Waals surface area contributed by atoms with Gasteiger partial charge in [0.15, 0.2) is 0 Å². The number of fused-ring (bicyclic) bond motifs is 1. The second-order valence-corrected chi connectivity index (χ2v) is 14.9. The molecule has 10 heteroatoms. The number of aromatic nitrogens is 4. The molecule has 7 rings (SSSR count). The number of benzene rings is 3. The molecule has 0 radical (unpaired) electrons. The van der Waals surface area contributed by atoms with Gasteiger partial charge in [-0.15, -0.1) is 0 Å². The fourth-order valence-corrected chi connectivity index (χ4v) is 7.92. The molecule has 0 aliphatic carbocycles. The number of rotatable bonds is 15. The van der Waals surface area contributed by atoms with Crippen LogP contribution in [0.2, 0.25) is 0 Å². The molecule has 0 bridgehead atoms. The maximum Gasteiger partial charge on any atom is 0.223 e. The molecule has 284 valence electrons. The van der Waals surface area contributed by atoms with E-state index in [4.69, 9.17) is 14.5 Å². The number of aromatic amines is 2. The van der Waals surface area contributed by atoms with Crippen LogP contribution in [0.25, 0.3) is 44.4 Å². The van der Waals surface area contributed by atoms with Gasteiger partial charge in [-0.2, -0.15) is 0 Å². The van der Waals surface area contributed by atoms with E-state index in [-0.39, 0.29) is 11.8 Å². The third kappa shape index (κ3) is 9.10. The summed E-state index contributed by atoms with van der Waals surface area (Å²) in [6, 6.07) is 21.4. The van der Waals surface area contributed by atoms with Gasteiger partial charge in [-0.05, 0) is 77.8 Å². The molecule has 3 aromatic carbocycles. The number of amides is 2. The van der Waals surface area contributed by atoms with Crippen molar-refractivity contribution < 1.29 is 19.1 Å². The van der Waals surface area contributed by atoms with Gasteiger partial charge in [0.05, 0.1) is 36.9 Å². The monoisotopic (exact) mass is 730 g/mol. The quantitative estimate of drug-likeness (QED) is 0.112. The van der Waals surface area contributed by atoms with Gasteiger partial charge < -0.3 is 29.2 Å². The number of hydrogen-bond donors (Lipinski definition) is 2. The molecule has 0 atom stereocenters. The number of ether oxygens (including phenoxy) is 2. The van der Waals surface area contributed by atoms with Gasteiger partial charge in [-0.1, -0.05) is 74.5 Å². The van der Waals surface area contributed by atoms with Crippen LogP contribution in [0.1, 0.15) is 76.9 Å². The Morgan fingerprint density at radius 1 is 0.630 bits per heavy atom. The molecule has 0 spiro atoms. The Hall–Kier alpha value is -4.80. The predicted octanol–water partition coefficient (Wildman–Crippen LogP) is 8.40. The number of H-pyrrole nitrogens is 2. The van der Waals surface area contributed by atoms with Crippen LogP contribution in [0.5, 0.6) is 0 Å². The topological polar surface area (TPSA) is 116 Å². The first-order chi connectivity index (χ1) is 26.5. The van der Waals surface area contributed by atoms with Gasteiger partial charge in [0, 0.05) is 57.9 Å². The molecular formula is C44H54N6O4. The highest BCUT2D eigenvalue weighted by Gasteiger charge is 2.24. The highest BCUT2D eigenvalue weighted by Crippen LogP contribution is 2.36. The van der Waals surface area contributed by atoms with Crippen LogP contribution in [-0.4, -0.2) is 81.1 Å². The van der Waals surface area contributed by atoms with Crippen LogP contribution in [-0.2, 0) is 32.2 Å². The Morgan fingerprint density at radius 2 is 1.09 bits per heavy atom. The standard InChI is InChI=1S/C44H54N6O4/c1-3-19-49(43(51)25-31-15-21-53-22-16-31)29-41-45-27-39(47-41)34-11-9-33(10-12-34)35-13-14-38(37-8-6-5-7-36(35)37)40-28-46-42(48-40)30-50(20-4-2)44(52)26-32-17-23-54-24-18-32/h5-14,27-28,31-32H,3-4,15-26,29-30H2,1-2H3,(H,45,47)(H,46,48). The summed E-state index contributed by atoms with van der Waals surface area (Å²) in [6.45, 7) is 9.60. The molecule has 2 aliphatic heterocycles. The molecule has 0 unspecified atom stereocenters. The van der Waals surface area contributed by atoms with Crippen molar-refractivity contribution in [2.45, 2.75) is 78.3 Å². The van der Waals surface area contributed by atoms with E-state index in [0.29, 0.717) is 44.3 Å². The second-order valence-electron chi connectivity index (χ2n) is 14.9. The summed E-state index contributed by atoms with van der Waals surface area (Å²) in [6.07, 6.45) is 10.5. The lowest BCUT2D eigenvalue weighted by molar-refractivity contribution is -0.134. The maximum absolute atomic E-state index is 13.3. The zero-order valence-electron chi connectivity index (χ0n) is 31.8. The van der Waals surface area contributed by atoms with Crippen molar-refractivity contribution in [3.8, 4) is 33.6 Å². The summed E-state index contributed by atoms with van der Waals surface area (Å²) >= 11 is 0. The van der Waals surface area contributed by atoms with Crippen LogP contribution in [0, 0.1) is 11.8 Å². The van der Waals surface area contributed by atoms with Crippen LogP contribution >= 0.6 is 0 Å². The SMILES string of the molecule is CCCN(Cc1ncc(-c2ccc(-c3ccc(-c4cnc(CN(CCC)C(=O)CC5CCOCC5)[nH]4)c4ccccc34)cc2)[nH]1)C(=O)CC1CCOCC1. The number of nitrogens with zero attached hydrogens (tertiary/aromatic N) is 4. The molecule has 0 saturated carbocycles. The predicted molar refractivity (Wildman–Crippen MR) is 212 cm³/mol. The van der Waals surface area contributed by atoms with E-state index in [9.17, 15) is 9.59 Å². The van der Waals surface area contributed by atoms with E-state index >= 15 is 0 Å². The molecule has 2 amide bonds. The molecule has 2 aromatic heterocycles. The van der Waals surface area contributed by atoms with Crippen molar-refractivity contribution in [2.75, 3.05) is 39.5 Å². The number of hydrogen-bond acceptors (Lipinski definition) is 6. The van der Waals surface area contributed by atoms with Gasteiger partial charge in [0.1, 0.15) is 11.6 Å². The lowest BCUT2D eigenvalue weighted by atomic mass is 9.93. The Kier molecular flexibility index (Phi) is 12.5. The maximum atomic E-state index is 13.3. The Balaban J connectivity index is 1.04. The average Bonchev–Trinajstić information content (AvgIpc) is 3.88. The fourth-order valence-electron chi connectivity index (χ4n) is 7.92. The van der Waals surface area contributed by atoms with E-state index in [1.165, 1.54) is 0 Å². The van der Waals surface area contributed by atoms with Gasteiger partial charge in [0.2, 0.25) is 11.8 Å². The normalized spacial score (nSPS) is 15.4. The van der Waals surface area contributed by atoms with Gasteiger partial charge in [-0.25, -0.2) is 9.97 Å². The lowest BCUT2D eigenvalue weighted by Crippen LogP contribution is -2.34. The molecule has 54 heavy (non-hydrogen) atoms. The largest absolute Gasteiger partial charge is 0.381 e. The van der Waals surface area contributed by atoms with Gasteiger partial charge >= 0.3 is 0 Å². The van der Waals surface area contributed by atoms with E-state index in [1.807, 2.05) is 22.2 Å². The average molecular weight is 731 g/mol. The van der Waals surface area contributed by atoms with Crippen molar-refractivity contribution in [3.05, 3.63) is 84.7 Å². The van der Waals surface area contributed by atoms with Gasteiger partial charge in [-0.3, -0.25) is 9.59 Å². The summed E-state index contributed by atoms with van der Waals surface area (Å²) < 4.78 is 11.0. The molecule has 2 fully saturated rings. The van der Waals surface area contributed by atoms with Crippen molar-refractivity contribution in [1.82, 2.24) is 29.7 Å². The first kappa shape index (κ1) is 37.5. The molecule has 5 aromatic rings. The van der Waals surface area contributed by atoms with Crippen molar-refractivity contribution in [2.24, 2.45) is 11.8 Å². The molecule has 4 heterocycles. The van der Waals surface area contributed by atoms with Crippen LogP contribution in [0.15, 0.2) is 73.1 Å². The minimum atomic E-state index is 0.196. The zero-order chi connectivity index (χ0) is 37.3. The molecule has 2 saturated heterocycles. The number of carbonyl (C=O) groups excluding carboxylic acids is 2. The number of carbonyl (C=O) groups is 2. The summed E-state index contributed by atoms with van der Waals surface area (Å²) in [5.41, 5.74) is 6.27. The molecule has 2 N–H and O–H groups in total. The minimum Gasteiger partial charge on any atom is -0.381 e. The summed E-state index contributed by atoms with van der Waals surface area (Å²) in [7, 11) is 0. The number of nitrogens with one attached hydrogen (secondary N) is 2. The van der Waals surface area contributed by atoms with Crippen LogP contribution < -0.4 is 0 Å². The summed E-state index contributed by atoms with van der Waals surface area (Å²) in [5.74, 6) is 2.79. The summed E-state index contributed by atoms with van der Waals surface area (Å²) in [4.78, 5) is 46.8. The van der Waals surface area contributed by atoms with Crippen molar-refractivity contribution in [1.29, 1.82) is 0 Å². The Bertz CT molecular complexity index is 1990. The molecule has 2 aliphatic rings. The third-order valence-corrected chi connectivity index (χ3v) is 11.0. The van der Waals surface area contributed by atoms with Crippen LogP contribution in [0.3, 0.4) is 0 Å². The van der Waals surface area contributed by atoms with E-state index in [2.05, 4.69) is 89.5 Å². The highest BCUT2D eigenvalue weighted by molar-refractivity contribution is 6.04. The van der Waals surface area contributed by atoms with Crippen LogP contribution in [0.4, 0.5) is 0 Å². The zero-order valence-corrected chi connectivity index (χ0v) is 31.8. The first-order valence-corrected chi connectivity index (χ1v) is 19.9. The smallest absolute Gasteiger partial charge is 0.223 e. The van der Waals surface area contributed by atoms with Crippen molar-refractivity contribution >= 4 is 22.6 Å². The third-order valence-electron chi connectivity index (χ3n) is 11.0. The van der Waals surface area contributed by atoms with E-state index < -0.39 is 0 Å². The molecular weight excluding hydrogens is 677 g/mol. The molecule has 10 nitrogen and oxygen atoms in total.